The van der Waals surface area contributed by atoms with Crippen LogP contribution in [-0.4, -0.2) is 20.6 Å². The Balaban J connectivity index is 1.94. The number of nitrogens with zero attached hydrogens (tertiary/aromatic N) is 3. The Labute approximate surface area is 161 Å². The number of nitrogens with one attached hydrogen (secondary N) is 1. The number of anilines is 1. The first-order valence-electron chi connectivity index (χ1n) is 8.58. The van der Waals surface area contributed by atoms with Gasteiger partial charge in [0, 0.05) is 25.4 Å². The molecule has 0 aliphatic rings. The SMILES string of the molecule is Cc1cc(C)c(C)c(Oc2cc(NC(=O)c3cnn(C)c3)cc([N+](=O)[O-])c2)c1. The normalized spacial score (nSPS) is 10.6. The Kier molecular flexibility index (Phi) is 5.12. The molecule has 144 valence electrons. The highest BCUT2D eigenvalue weighted by atomic mass is 16.6. The quantitative estimate of drug-likeness (QED) is 0.525. The Morgan fingerprint density at radius 1 is 1.18 bits per heavy atom. The molecule has 0 unspecified atom stereocenters. The lowest BCUT2D eigenvalue weighted by atomic mass is 10.1. The predicted molar refractivity (Wildman–Crippen MR) is 105 cm³/mol. The number of nitro benzene ring substituents is 1. The van der Waals surface area contributed by atoms with Gasteiger partial charge in [-0.15, -0.1) is 0 Å². The Bertz CT molecular complexity index is 1070. The van der Waals surface area contributed by atoms with Crippen LogP contribution >= 0.6 is 0 Å². The average Bonchev–Trinajstić information content (AvgIpc) is 3.05. The minimum Gasteiger partial charge on any atom is -0.457 e. The molecule has 3 rings (SSSR count). The van der Waals surface area contributed by atoms with Crippen molar-refractivity contribution in [3.63, 3.8) is 0 Å². The zero-order valence-electron chi connectivity index (χ0n) is 16.0. The average molecular weight is 380 g/mol. The van der Waals surface area contributed by atoms with Crippen LogP contribution in [0.4, 0.5) is 11.4 Å². The molecule has 0 atom stereocenters. The van der Waals surface area contributed by atoms with E-state index in [2.05, 4.69) is 10.4 Å². The van der Waals surface area contributed by atoms with E-state index in [1.54, 1.807) is 19.3 Å². The molecule has 1 heterocycles. The van der Waals surface area contributed by atoms with Gasteiger partial charge in [0.05, 0.1) is 28.4 Å². The minimum absolute atomic E-state index is 0.180. The largest absolute Gasteiger partial charge is 0.457 e. The van der Waals surface area contributed by atoms with E-state index in [1.807, 2.05) is 32.9 Å². The highest BCUT2D eigenvalue weighted by Crippen LogP contribution is 2.33. The number of hydrogen-bond acceptors (Lipinski definition) is 5. The molecule has 0 fully saturated rings. The van der Waals surface area contributed by atoms with Gasteiger partial charge in [-0.3, -0.25) is 19.6 Å². The van der Waals surface area contributed by atoms with Crippen LogP contribution in [0.2, 0.25) is 0 Å². The zero-order chi connectivity index (χ0) is 20.4. The van der Waals surface area contributed by atoms with Crippen molar-refractivity contribution in [2.24, 2.45) is 7.05 Å². The molecule has 3 aromatic rings. The fraction of sp³-hybridized carbons (Fsp3) is 0.200. The zero-order valence-corrected chi connectivity index (χ0v) is 16.0. The molecule has 0 aliphatic heterocycles. The van der Waals surface area contributed by atoms with Crippen LogP contribution in [0.5, 0.6) is 11.5 Å². The van der Waals surface area contributed by atoms with Crippen molar-refractivity contribution in [1.82, 2.24) is 9.78 Å². The van der Waals surface area contributed by atoms with Crippen molar-refractivity contribution in [2.75, 3.05) is 5.32 Å². The first-order valence-corrected chi connectivity index (χ1v) is 8.58. The number of non-ortho nitro benzene ring substituents is 1. The van der Waals surface area contributed by atoms with Crippen LogP contribution in [0.25, 0.3) is 0 Å². The van der Waals surface area contributed by atoms with Gasteiger partial charge in [-0.05, 0) is 43.5 Å². The molecule has 0 saturated heterocycles. The molecule has 28 heavy (non-hydrogen) atoms. The van der Waals surface area contributed by atoms with Gasteiger partial charge in [-0.2, -0.15) is 5.10 Å². The van der Waals surface area contributed by atoms with E-state index >= 15 is 0 Å². The summed E-state index contributed by atoms with van der Waals surface area (Å²) in [6, 6.07) is 8.08. The van der Waals surface area contributed by atoms with Crippen molar-refractivity contribution >= 4 is 17.3 Å². The molecule has 0 spiro atoms. The number of ether oxygens (including phenoxy) is 1. The topological polar surface area (TPSA) is 99.3 Å². The molecule has 0 aliphatic carbocycles. The van der Waals surface area contributed by atoms with Gasteiger partial charge in [0.1, 0.15) is 11.5 Å². The molecular weight excluding hydrogens is 360 g/mol. The van der Waals surface area contributed by atoms with E-state index in [0.717, 1.165) is 16.7 Å². The smallest absolute Gasteiger partial charge is 0.275 e. The van der Waals surface area contributed by atoms with Crippen LogP contribution in [0.15, 0.2) is 42.7 Å². The molecule has 1 amide bonds. The molecular formula is C20H20N4O4. The van der Waals surface area contributed by atoms with E-state index in [4.69, 9.17) is 4.74 Å². The summed E-state index contributed by atoms with van der Waals surface area (Å²) in [6.07, 6.45) is 2.98. The maximum Gasteiger partial charge on any atom is 0.275 e. The number of carbonyl (C=O) groups is 1. The highest BCUT2D eigenvalue weighted by Gasteiger charge is 2.15. The number of aromatic nitrogens is 2. The summed E-state index contributed by atoms with van der Waals surface area (Å²) in [6.45, 7) is 5.85. The fourth-order valence-electron chi connectivity index (χ4n) is 2.80. The first kappa shape index (κ1) is 19.1. The van der Waals surface area contributed by atoms with Crippen molar-refractivity contribution in [3.05, 3.63) is 75.1 Å². The molecule has 1 N–H and O–H groups in total. The number of rotatable bonds is 5. The highest BCUT2D eigenvalue weighted by molar-refractivity contribution is 6.04. The number of amides is 1. The molecule has 2 aromatic carbocycles. The van der Waals surface area contributed by atoms with Crippen LogP contribution in [0, 0.1) is 30.9 Å². The third kappa shape index (κ3) is 4.17. The summed E-state index contributed by atoms with van der Waals surface area (Å²) in [5.74, 6) is 0.466. The summed E-state index contributed by atoms with van der Waals surface area (Å²) in [4.78, 5) is 23.1. The van der Waals surface area contributed by atoms with Crippen molar-refractivity contribution in [1.29, 1.82) is 0 Å². The molecule has 0 radical (unpaired) electrons. The van der Waals surface area contributed by atoms with Crippen LogP contribution < -0.4 is 10.1 Å². The Morgan fingerprint density at radius 3 is 2.57 bits per heavy atom. The maximum absolute atomic E-state index is 12.3. The molecule has 8 nitrogen and oxygen atoms in total. The van der Waals surface area contributed by atoms with Gasteiger partial charge >= 0.3 is 0 Å². The summed E-state index contributed by atoms with van der Waals surface area (Å²) >= 11 is 0. The van der Waals surface area contributed by atoms with Crippen molar-refractivity contribution in [2.45, 2.75) is 20.8 Å². The lowest BCUT2D eigenvalue weighted by Crippen LogP contribution is -2.11. The van der Waals surface area contributed by atoms with Crippen LogP contribution in [0.3, 0.4) is 0 Å². The number of benzene rings is 2. The lowest BCUT2D eigenvalue weighted by molar-refractivity contribution is -0.384. The number of carbonyl (C=O) groups excluding carboxylic acids is 1. The van der Waals surface area contributed by atoms with E-state index < -0.39 is 10.8 Å². The Morgan fingerprint density at radius 2 is 1.93 bits per heavy atom. The number of hydrogen-bond donors (Lipinski definition) is 1. The van der Waals surface area contributed by atoms with Crippen LogP contribution in [0.1, 0.15) is 27.0 Å². The molecule has 1 aromatic heterocycles. The maximum atomic E-state index is 12.3. The molecule has 8 heteroatoms. The molecule has 0 saturated carbocycles. The van der Waals surface area contributed by atoms with Gasteiger partial charge in [-0.1, -0.05) is 6.07 Å². The van der Waals surface area contributed by atoms with Crippen molar-refractivity contribution < 1.29 is 14.5 Å². The summed E-state index contributed by atoms with van der Waals surface area (Å²) in [5.41, 5.74) is 3.46. The van der Waals surface area contributed by atoms with E-state index in [0.29, 0.717) is 11.3 Å². The Hall–Kier alpha value is -3.68. The van der Waals surface area contributed by atoms with Gasteiger partial charge in [0.15, 0.2) is 0 Å². The van der Waals surface area contributed by atoms with Gasteiger partial charge in [-0.25, -0.2) is 0 Å². The molecule has 0 bridgehead atoms. The minimum atomic E-state index is -0.527. The van der Waals surface area contributed by atoms with Gasteiger partial charge in [0.25, 0.3) is 11.6 Å². The number of nitro groups is 1. The standard InChI is InChI=1S/C20H20N4O4/c1-12-5-13(2)14(3)19(6-12)28-18-8-16(7-17(9-18)24(26)27)22-20(25)15-10-21-23(4)11-15/h5-11H,1-4H3,(H,22,25). The third-order valence-corrected chi connectivity index (χ3v) is 4.32. The summed E-state index contributed by atoms with van der Waals surface area (Å²) in [5, 5.41) is 17.9. The van der Waals surface area contributed by atoms with E-state index in [9.17, 15) is 14.9 Å². The van der Waals surface area contributed by atoms with E-state index in [-0.39, 0.29) is 17.1 Å². The van der Waals surface area contributed by atoms with Crippen LogP contribution in [-0.2, 0) is 7.05 Å². The second-order valence-corrected chi connectivity index (χ2v) is 6.64. The van der Waals surface area contributed by atoms with Gasteiger partial charge in [0.2, 0.25) is 0 Å². The van der Waals surface area contributed by atoms with E-state index in [1.165, 1.54) is 23.0 Å². The fourth-order valence-corrected chi connectivity index (χ4v) is 2.80. The predicted octanol–water partition coefficient (Wildman–Crippen LogP) is 4.30. The number of aryl methyl sites for hydroxylation is 3. The summed E-state index contributed by atoms with van der Waals surface area (Å²) in [7, 11) is 1.70. The van der Waals surface area contributed by atoms with Gasteiger partial charge < -0.3 is 10.1 Å². The first-order chi connectivity index (χ1) is 13.2. The lowest BCUT2D eigenvalue weighted by Gasteiger charge is -2.13. The second kappa shape index (κ2) is 7.51. The summed E-state index contributed by atoms with van der Waals surface area (Å²) < 4.78 is 7.42. The second-order valence-electron chi connectivity index (χ2n) is 6.64. The third-order valence-electron chi connectivity index (χ3n) is 4.32. The van der Waals surface area contributed by atoms with Crippen molar-refractivity contribution in [3.8, 4) is 11.5 Å². The monoisotopic (exact) mass is 380 g/mol.